The molecule has 0 aliphatic rings. The van der Waals surface area contributed by atoms with Gasteiger partial charge in [0.2, 0.25) is 6.29 Å². The standard InChI is InChI=1S/C26H49NO5/c1-4-5-6-7-8-9-10-11-12-13-14-15-16-17-18-22-25(28)31-26(32-27(29)30)23-20-19-21-24(2)3/h11-12,24,26H,4-10,13-23H2,1-3H3/b12-11-. The summed E-state index contributed by atoms with van der Waals surface area (Å²) in [4.78, 5) is 27.1. The maximum Gasteiger partial charge on any atom is 0.307 e. The van der Waals surface area contributed by atoms with Crippen LogP contribution in [0.4, 0.5) is 0 Å². The molecule has 1 atom stereocenters. The molecule has 6 nitrogen and oxygen atoms in total. The van der Waals surface area contributed by atoms with Crippen molar-refractivity contribution in [1.29, 1.82) is 0 Å². The molecular formula is C26H49NO5. The minimum absolute atomic E-state index is 0.293. The zero-order chi connectivity index (χ0) is 23.9. The monoisotopic (exact) mass is 455 g/mol. The second kappa shape index (κ2) is 22.6. The van der Waals surface area contributed by atoms with Crippen molar-refractivity contribution in [3.8, 4) is 0 Å². The van der Waals surface area contributed by atoms with Crippen LogP contribution < -0.4 is 0 Å². The molecule has 0 saturated carbocycles. The molecule has 0 aromatic rings. The van der Waals surface area contributed by atoms with Gasteiger partial charge in [-0.15, -0.1) is 10.1 Å². The number of nitrogens with zero attached hydrogens (tertiary/aromatic N) is 1. The molecule has 6 heteroatoms. The van der Waals surface area contributed by atoms with Gasteiger partial charge in [-0.1, -0.05) is 97.1 Å². The van der Waals surface area contributed by atoms with E-state index in [1.807, 2.05) is 0 Å². The Labute approximate surface area is 196 Å². The van der Waals surface area contributed by atoms with Gasteiger partial charge in [-0.2, -0.15) is 0 Å². The van der Waals surface area contributed by atoms with E-state index in [-0.39, 0.29) is 0 Å². The van der Waals surface area contributed by atoms with Crippen molar-refractivity contribution < 1.29 is 19.5 Å². The molecule has 0 bridgehead atoms. The Kier molecular flexibility index (Phi) is 21.5. The summed E-state index contributed by atoms with van der Waals surface area (Å²) in [5.41, 5.74) is 0. The van der Waals surface area contributed by atoms with Crippen LogP contribution in [0.2, 0.25) is 0 Å². The van der Waals surface area contributed by atoms with Gasteiger partial charge in [-0.05, 0) is 44.4 Å². The summed E-state index contributed by atoms with van der Waals surface area (Å²) in [7, 11) is 0. The quantitative estimate of drug-likeness (QED) is 0.0386. The number of esters is 1. The van der Waals surface area contributed by atoms with Crippen LogP contribution in [0.5, 0.6) is 0 Å². The molecule has 188 valence electrons. The molecule has 0 fully saturated rings. The second-order valence-corrected chi connectivity index (χ2v) is 9.26. The van der Waals surface area contributed by atoms with Crippen molar-refractivity contribution in [3.63, 3.8) is 0 Å². The predicted octanol–water partition coefficient (Wildman–Crippen LogP) is 8.32. The third-order valence-corrected chi connectivity index (χ3v) is 5.58. The third kappa shape index (κ3) is 23.1. The Morgan fingerprint density at radius 1 is 0.812 bits per heavy atom. The van der Waals surface area contributed by atoms with Gasteiger partial charge in [-0.3, -0.25) is 9.63 Å². The molecule has 0 aromatic carbocycles. The number of hydrogen-bond acceptors (Lipinski definition) is 5. The molecule has 0 amide bonds. The molecule has 0 heterocycles. The van der Waals surface area contributed by atoms with E-state index in [9.17, 15) is 14.9 Å². The maximum absolute atomic E-state index is 12.0. The molecule has 0 radical (unpaired) electrons. The molecule has 0 aliphatic carbocycles. The molecule has 0 spiro atoms. The summed E-state index contributed by atoms with van der Waals surface area (Å²) in [5.74, 6) is 0.187. The zero-order valence-electron chi connectivity index (χ0n) is 21.0. The third-order valence-electron chi connectivity index (χ3n) is 5.58. The summed E-state index contributed by atoms with van der Waals surface area (Å²) in [6, 6.07) is 0. The molecular weight excluding hydrogens is 406 g/mol. The average Bonchev–Trinajstić information content (AvgIpc) is 2.73. The van der Waals surface area contributed by atoms with Crippen molar-refractivity contribution in [2.45, 2.75) is 143 Å². The highest BCUT2D eigenvalue weighted by Crippen LogP contribution is 2.14. The van der Waals surface area contributed by atoms with E-state index in [4.69, 9.17) is 4.74 Å². The second-order valence-electron chi connectivity index (χ2n) is 9.26. The van der Waals surface area contributed by atoms with E-state index in [2.05, 4.69) is 37.8 Å². The van der Waals surface area contributed by atoms with Gasteiger partial charge in [0, 0.05) is 12.8 Å². The lowest BCUT2D eigenvalue weighted by molar-refractivity contribution is -0.779. The fraction of sp³-hybridized carbons (Fsp3) is 0.885. The van der Waals surface area contributed by atoms with Crippen molar-refractivity contribution in [3.05, 3.63) is 22.3 Å². The number of rotatable bonds is 23. The summed E-state index contributed by atoms with van der Waals surface area (Å²) >= 11 is 0. The fourth-order valence-electron chi connectivity index (χ4n) is 3.64. The number of carbonyl (C=O) groups is 1. The SMILES string of the molecule is CCCCCCCC/C=C\CCCCCCCC(=O)OC(CCCCC(C)C)O[N+](=O)[O-]. The maximum atomic E-state index is 12.0. The van der Waals surface area contributed by atoms with E-state index in [1.54, 1.807) is 0 Å². The highest BCUT2D eigenvalue weighted by atomic mass is 17.0. The number of unbranched alkanes of at least 4 members (excludes halogenated alkanes) is 12. The highest BCUT2D eigenvalue weighted by molar-refractivity contribution is 5.69. The van der Waals surface area contributed by atoms with Crippen LogP contribution in [0.25, 0.3) is 0 Å². The predicted molar refractivity (Wildman–Crippen MR) is 131 cm³/mol. The summed E-state index contributed by atoms with van der Waals surface area (Å²) in [6.07, 6.45) is 22.6. The molecule has 0 aromatic heterocycles. The molecule has 0 rings (SSSR count). The van der Waals surface area contributed by atoms with Gasteiger partial charge < -0.3 is 4.74 Å². The average molecular weight is 456 g/mol. The Hall–Kier alpha value is -1.59. The minimum Gasteiger partial charge on any atom is -0.435 e. The molecule has 1 unspecified atom stereocenters. The van der Waals surface area contributed by atoms with Gasteiger partial charge in [0.1, 0.15) is 0 Å². The Morgan fingerprint density at radius 2 is 1.34 bits per heavy atom. The number of carbonyl (C=O) groups excluding carboxylic acids is 1. The lowest BCUT2D eigenvalue weighted by Gasteiger charge is -2.16. The van der Waals surface area contributed by atoms with Crippen LogP contribution in [0.3, 0.4) is 0 Å². The topological polar surface area (TPSA) is 78.7 Å². The van der Waals surface area contributed by atoms with Gasteiger partial charge in [0.05, 0.1) is 0 Å². The Bertz CT molecular complexity index is 479. The van der Waals surface area contributed by atoms with Crippen molar-refractivity contribution in [2.75, 3.05) is 0 Å². The van der Waals surface area contributed by atoms with E-state index in [0.29, 0.717) is 18.8 Å². The van der Waals surface area contributed by atoms with Crippen LogP contribution in [-0.4, -0.2) is 17.3 Å². The van der Waals surface area contributed by atoms with E-state index < -0.39 is 17.3 Å². The van der Waals surface area contributed by atoms with Crippen molar-refractivity contribution in [1.82, 2.24) is 0 Å². The zero-order valence-corrected chi connectivity index (χ0v) is 21.0. The Balaban J connectivity index is 3.66. The minimum atomic E-state index is -1.08. The van der Waals surface area contributed by atoms with Crippen LogP contribution in [0, 0.1) is 16.0 Å². The van der Waals surface area contributed by atoms with E-state index >= 15 is 0 Å². The van der Waals surface area contributed by atoms with Crippen molar-refractivity contribution >= 4 is 5.97 Å². The lowest BCUT2D eigenvalue weighted by Crippen LogP contribution is -2.24. The first-order valence-corrected chi connectivity index (χ1v) is 13.1. The summed E-state index contributed by atoms with van der Waals surface area (Å²) < 4.78 is 5.18. The van der Waals surface area contributed by atoms with Gasteiger partial charge in [0.15, 0.2) is 0 Å². The lowest BCUT2D eigenvalue weighted by atomic mass is 10.1. The van der Waals surface area contributed by atoms with Crippen LogP contribution in [-0.2, 0) is 14.4 Å². The number of hydrogen-bond donors (Lipinski definition) is 0. The van der Waals surface area contributed by atoms with Gasteiger partial charge in [-0.25, -0.2) is 0 Å². The first-order chi connectivity index (χ1) is 15.5. The smallest absolute Gasteiger partial charge is 0.307 e. The highest BCUT2D eigenvalue weighted by Gasteiger charge is 2.18. The number of ether oxygens (including phenoxy) is 1. The largest absolute Gasteiger partial charge is 0.435 e. The number of allylic oxidation sites excluding steroid dienone is 2. The molecule has 0 aliphatic heterocycles. The van der Waals surface area contributed by atoms with Gasteiger partial charge in [0.25, 0.3) is 5.09 Å². The Morgan fingerprint density at radius 3 is 1.91 bits per heavy atom. The normalized spacial score (nSPS) is 12.4. The fourth-order valence-corrected chi connectivity index (χ4v) is 3.64. The molecule has 32 heavy (non-hydrogen) atoms. The first-order valence-electron chi connectivity index (χ1n) is 13.1. The summed E-state index contributed by atoms with van der Waals surface area (Å²) in [5, 5.41) is 9.75. The van der Waals surface area contributed by atoms with Crippen LogP contribution >= 0.6 is 0 Å². The van der Waals surface area contributed by atoms with E-state index in [1.165, 1.54) is 57.8 Å². The summed E-state index contributed by atoms with van der Waals surface area (Å²) in [6.45, 7) is 6.53. The molecule has 0 saturated heterocycles. The first kappa shape index (κ1) is 30.4. The van der Waals surface area contributed by atoms with Crippen LogP contribution in [0.1, 0.15) is 136 Å². The van der Waals surface area contributed by atoms with E-state index in [0.717, 1.165) is 44.9 Å². The van der Waals surface area contributed by atoms with Gasteiger partial charge >= 0.3 is 5.97 Å². The van der Waals surface area contributed by atoms with Crippen LogP contribution in [0.15, 0.2) is 12.2 Å². The van der Waals surface area contributed by atoms with Crippen molar-refractivity contribution in [2.24, 2.45) is 5.92 Å². The molecule has 0 N–H and O–H groups in total.